The van der Waals surface area contributed by atoms with E-state index in [9.17, 15) is 0 Å². The fraction of sp³-hybridized carbons (Fsp3) is 0.500. The Hall–Kier alpha value is -0.920. The summed E-state index contributed by atoms with van der Waals surface area (Å²) in [6, 6.07) is 2.99. The van der Waals surface area contributed by atoms with Gasteiger partial charge in [-0.3, -0.25) is 0 Å². The molecule has 2 heteroatoms. The Labute approximate surface area is 61.3 Å². The molecule has 0 N–H and O–H groups in total. The second kappa shape index (κ2) is 2.37. The molecule has 10 heavy (non-hydrogen) atoms. The van der Waals surface area contributed by atoms with E-state index < -0.39 is 0 Å². The summed E-state index contributed by atoms with van der Waals surface area (Å²) in [5, 5.41) is 0. The van der Waals surface area contributed by atoms with E-state index in [0.717, 1.165) is 5.69 Å². The van der Waals surface area contributed by atoms with Gasteiger partial charge in [0.25, 0.3) is 0 Å². The fourth-order valence-corrected chi connectivity index (χ4v) is 0.670. The van der Waals surface area contributed by atoms with Gasteiger partial charge in [-0.1, -0.05) is 20.8 Å². The molecule has 0 aliphatic carbocycles. The highest BCUT2D eigenvalue weighted by Crippen LogP contribution is 2.17. The van der Waals surface area contributed by atoms with Crippen LogP contribution in [-0.4, -0.2) is 9.97 Å². The molecule has 1 radical (unpaired) electrons. The van der Waals surface area contributed by atoms with Gasteiger partial charge in [0.15, 0.2) is 0 Å². The summed E-state index contributed by atoms with van der Waals surface area (Å²) >= 11 is 0. The number of aromatic nitrogens is 2. The standard InChI is InChI=1S/C8H11N2/c1-8(2,3)7-4-5-9-6-10-7/h5-6H,1-3H3. The molecular weight excluding hydrogens is 124 g/mol. The maximum Gasteiger partial charge on any atom is 0.115 e. The van der Waals surface area contributed by atoms with E-state index in [0.29, 0.717) is 0 Å². The molecule has 0 aromatic carbocycles. The van der Waals surface area contributed by atoms with Gasteiger partial charge in [0.05, 0.1) is 5.69 Å². The van der Waals surface area contributed by atoms with Crippen LogP contribution in [0.2, 0.25) is 0 Å². The lowest BCUT2D eigenvalue weighted by atomic mass is 9.92. The summed E-state index contributed by atoms with van der Waals surface area (Å²) in [5.74, 6) is 0. The Morgan fingerprint density at radius 1 is 1.40 bits per heavy atom. The van der Waals surface area contributed by atoms with Gasteiger partial charge >= 0.3 is 0 Å². The number of nitrogens with zero attached hydrogens (tertiary/aromatic N) is 2. The van der Waals surface area contributed by atoms with Gasteiger partial charge in [-0.05, 0) is 0 Å². The molecule has 0 fully saturated rings. The van der Waals surface area contributed by atoms with Crippen LogP contribution in [0.15, 0.2) is 12.5 Å². The van der Waals surface area contributed by atoms with E-state index in [1.54, 1.807) is 12.5 Å². The maximum atomic E-state index is 4.08. The first-order valence-corrected chi connectivity index (χ1v) is 3.29. The van der Waals surface area contributed by atoms with Crippen molar-refractivity contribution in [1.29, 1.82) is 0 Å². The number of hydrogen-bond donors (Lipinski definition) is 0. The predicted octanol–water partition coefficient (Wildman–Crippen LogP) is 1.57. The van der Waals surface area contributed by atoms with Gasteiger partial charge in [-0.2, -0.15) is 0 Å². The van der Waals surface area contributed by atoms with E-state index in [1.807, 2.05) is 0 Å². The van der Waals surface area contributed by atoms with Crippen LogP contribution in [0.4, 0.5) is 0 Å². The molecule has 0 unspecified atom stereocenters. The Morgan fingerprint density at radius 2 is 2.10 bits per heavy atom. The highest BCUT2D eigenvalue weighted by atomic mass is 14.8. The van der Waals surface area contributed by atoms with E-state index >= 15 is 0 Å². The van der Waals surface area contributed by atoms with Crippen molar-refractivity contribution >= 4 is 0 Å². The Balaban J connectivity index is 2.97. The lowest BCUT2D eigenvalue weighted by molar-refractivity contribution is 0.565. The second-order valence-corrected chi connectivity index (χ2v) is 3.27. The first kappa shape index (κ1) is 7.19. The van der Waals surface area contributed by atoms with Crippen LogP contribution in [0.1, 0.15) is 26.5 Å². The number of rotatable bonds is 0. The normalized spacial score (nSPS) is 11.5. The second-order valence-electron chi connectivity index (χ2n) is 3.27. The third kappa shape index (κ3) is 1.53. The third-order valence-electron chi connectivity index (χ3n) is 1.24. The van der Waals surface area contributed by atoms with Crippen LogP contribution in [0.5, 0.6) is 0 Å². The molecule has 1 heterocycles. The minimum atomic E-state index is 0.0862. The van der Waals surface area contributed by atoms with Crippen molar-refractivity contribution < 1.29 is 0 Å². The lowest BCUT2D eigenvalue weighted by Gasteiger charge is -2.15. The van der Waals surface area contributed by atoms with E-state index in [1.165, 1.54) is 0 Å². The summed E-state index contributed by atoms with van der Waals surface area (Å²) in [4.78, 5) is 7.88. The Bertz CT molecular complexity index is 198. The zero-order valence-electron chi connectivity index (χ0n) is 6.55. The van der Waals surface area contributed by atoms with Crippen molar-refractivity contribution in [3.8, 4) is 0 Å². The molecule has 0 atom stereocenters. The summed E-state index contributed by atoms with van der Waals surface area (Å²) in [6.07, 6.45) is 3.20. The van der Waals surface area contributed by atoms with Crippen LogP contribution < -0.4 is 0 Å². The fourth-order valence-electron chi connectivity index (χ4n) is 0.670. The molecule has 0 aliphatic heterocycles. The lowest BCUT2D eigenvalue weighted by Crippen LogP contribution is -2.13. The summed E-state index contributed by atoms with van der Waals surface area (Å²) < 4.78 is 0. The zero-order chi connectivity index (χ0) is 7.61. The van der Waals surface area contributed by atoms with Gasteiger partial charge in [0.2, 0.25) is 0 Å². The summed E-state index contributed by atoms with van der Waals surface area (Å²) in [5.41, 5.74) is 1.05. The molecule has 2 nitrogen and oxygen atoms in total. The van der Waals surface area contributed by atoms with Gasteiger partial charge < -0.3 is 0 Å². The SMILES string of the molecule is CC(C)(C)c1[c]cncn1. The number of hydrogen-bond acceptors (Lipinski definition) is 2. The minimum absolute atomic E-state index is 0.0862. The highest BCUT2D eigenvalue weighted by Gasteiger charge is 2.14. The van der Waals surface area contributed by atoms with Gasteiger partial charge in [0.1, 0.15) is 6.33 Å². The smallest absolute Gasteiger partial charge is 0.115 e. The molecule has 1 aromatic heterocycles. The van der Waals surface area contributed by atoms with E-state index in [2.05, 4.69) is 36.8 Å². The van der Waals surface area contributed by atoms with Crippen LogP contribution in [0.25, 0.3) is 0 Å². The predicted molar refractivity (Wildman–Crippen MR) is 39.6 cm³/mol. The largest absolute Gasteiger partial charge is 0.244 e. The van der Waals surface area contributed by atoms with Gasteiger partial charge in [-0.25, -0.2) is 9.97 Å². The molecule has 1 rings (SSSR count). The van der Waals surface area contributed by atoms with Crippen molar-refractivity contribution in [3.63, 3.8) is 0 Å². The molecule has 0 aliphatic rings. The molecule has 0 bridgehead atoms. The van der Waals surface area contributed by atoms with Crippen LogP contribution in [-0.2, 0) is 5.41 Å². The topological polar surface area (TPSA) is 25.8 Å². The van der Waals surface area contributed by atoms with Gasteiger partial charge in [0, 0.05) is 17.7 Å². The molecule has 53 valence electrons. The summed E-state index contributed by atoms with van der Waals surface area (Å²) in [6.45, 7) is 6.31. The Kier molecular flexibility index (Phi) is 1.70. The van der Waals surface area contributed by atoms with Crippen LogP contribution >= 0.6 is 0 Å². The average molecular weight is 135 g/mol. The van der Waals surface area contributed by atoms with Crippen molar-refractivity contribution in [1.82, 2.24) is 9.97 Å². The molecular formula is C8H11N2. The van der Waals surface area contributed by atoms with Crippen molar-refractivity contribution in [2.45, 2.75) is 26.2 Å². The monoisotopic (exact) mass is 135 g/mol. The van der Waals surface area contributed by atoms with Crippen molar-refractivity contribution in [2.24, 2.45) is 0 Å². The molecule has 0 saturated carbocycles. The molecule has 0 saturated heterocycles. The first-order chi connectivity index (χ1) is 4.61. The van der Waals surface area contributed by atoms with E-state index in [4.69, 9.17) is 0 Å². The van der Waals surface area contributed by atoms with E-state index in [-0.39, 0.29) is 5.41 Å². The van der Waals surface area contributed by atoms with Crippen molar-refractivity contribution in [2.75, 3.05) is 0 Å². The maximum absolute atomic E-state index is 4.08. The van der Waals surface area contributed by atoms with Gasteiger partial charge in [-0.15, -0.1) is 0 Å². The first-order valence-electron chi connectivity index (χ1n) is 3.29. The van der Waals surface area contributed by atoms with Crippen molar-refractivity contribution in [3.05, 3.63) is 24.3 Å². The average Bonchev–Trinajstić information content (AvgIpc) is 1.88. The third-order valence-corrected chi connectivity index (χ3v) is 1.24. The quantitative estimate of drug-likeness (QED) is 0.539. The highest BCUT2D eigenvalue weighted by molar-refractivity contribution is 5.07. The Morgan fingerprint density at radius 3 is 2.40 bits per heavy atom. The molecule has 1 aromatic rings. The minimum Gasteiger partial charge on any atom is -0.244 e. The zero-order valence-corrected chi connectivity index (χ0v) is 6.55. The van der Waals surface area contributed by atoms with Crippen LogP contribution in [0, 0.1) is 6.07 Å². The molecule has 0 spiro atoms. The summed E-state index contributed by atoms with van der Waals surface area (Å²) in [7, 11) is 0. The molecule has 0 amide bonds. The van der Waals surface area contributed by atoms with Crippen LogP contribution in [0.3, 0.4) is 0 Å².